The average Bonchev–Trinajstić information content (AvgIpc) is 1.69. The summed E-state index contributed by atoms with van der Waals surface area (Å²) in [6.07, 6.45) is 0. The van der Waals surface area contributed by atoms with Crippen molar-refractivity contribution in [2.75, 3.05) is 19.8 Å². The molecule has 0 spiro atoms. The first-order chi connectivity index (χ1) is 3.39. The maximum Gasteiger partial charge on any atom is 0.0623 e. The highest BCUT2D eigenvalue weighted by Gasteiger charge is 2.04. The van der Waals surface area contributed by atoms with E-state index < -0.39 is 0 Å². The number of hydrogen-bond acceptors (Lipinski definition) is 2. The molecule has 1 saturated heterocycles. The van der Waals surface area contributed by atoms with Crippen LogP contribution in [-0.4, -0.2) is 25.8 Å². The van der Waals surface area contributed by atoms with Crippen LogP contribution >= 0.6 is 0 Å². The summed E-state index contributed by atoms with van der Waals surface area (Å²) in [6.45, 7) is 7.74. The van der Waals surface area contributed by atoms with Crippen LogP contribution in [0.25, 0.3) is 0 Å². The molecule has 1 aliphatic heterocycles. The first kappa shape index (κ1) is 5.06. The summed E-state index contributed by atoms with van der Waals surface area (Å²) in [4.78, 5) is 0. The van der Waals surface area contributed by atoms with Crippen molar-refractivity contribution in [3.05, 3.63) is 6.92 Å². The molecule has 7 heavy (non-hydrogen) atoms. The Labute approximate surface area is 43.9 Å². The van der Waals surface area contributed by atoms with Crippen LogP contribution in [0.15, 0.2) is 0 Å². The number of nitrogens with one attached hydrogen (secondary N) is 1. The van der Waals surface area contributed by atoms with Gasteiger partial charge in [-0.05, 0) is 6.92 Å². The van der Waals surface area contributed by atoms with E-state index in [1.807, 2.05) is 0 Å². The lowest BCUT2D eigenvalue weighted by Gasteiger charge is -2.18. The van der Waals surface area contributed by atoms with Crippen molar-refractivity contribution in [3.63, 3.8) is 0 Å². The summed E-state index contributed by atoms with van der Waals surface area (Å²) >= 11 is 0. The molecule has 1 atom stereocenters. The molecule has 1 rings (SSSR count). The molecule has 40 valence electrons. The molecule has 2 heteroatoms. The molecule has 0 aromatic carbocycles. The number of hydrogen-bond donors (Lipinski definition) is 1. The summed E-state index contributed by atoms with van der Waals surface area (Å²) in [6, 6.07) is 0.0637. The zero-order valence-corrected chi connectivity index (χ0v) is 4.18. The smallest absolute Gasteiger partial charge is 0.0623 e. The fourth-order valence-electron chi connectivity index (χ4n) is 0.586. The summed E-state index contributed by atoms with van der Waals surface area (Å²) in [5.41, 5.74) is 0. The van der Waals surface area contributed by atoms with Crippen LogP contribution in [0, 0.1) is 6.92 Å². The molecule has 1 heterocycles. The molecule has 1 aliphatic rings. The van der Waals surface area contributed by atoms with Gasteiger partial charge in [-0.3, -0.25) is 0 Å². The molecular weight excluding hydrogens is 90.1 g/mol. The first-order valence-electron chi connectivity index (χ1n) is 2.46. The van der Waals surface area contributed by atoms with Gasteiger partial charge in [0, 0.05) is 12.6 Å². The highest BCUT2D eigenvalue weighted by atomic mass is 16.5. The minimum atomic E-state index is 0.0637. The summed E-state index contributed by atoms with van der Waals surface area (Å²) < 4.78 is 4.99. The minimum Gasteiger partial charge on any atom is -0.379 e. The Morgan fingerprint density at radius 2 is 2.57 bits per heavy atom. The van der Waals surface area contributed by atoms with E-state index in [9.17, 15) is 0 Å². The summed E-state index contributed by atoms with van der Waals surface area (Å²) in [5.74, 6) is 0. The summed E-state index contributed by atoms with van der Waals surface area (Å²) in [5, 5.41) is 3.03. The topological polar surface area (TPSA) is 21.3 Å². The van der Waals surface area contributed by atoms with Crippen LogP contribution in [0.1, 0.15) is 0 Å². The van der Waals surface area contributed by atoms with Crippen molar-refractivity contribution in [1.82, 2.24) is 5.32 Å². The second kappa shape index (κ2) is 2.28. The van der Waals surface area contributed by atoms with Crippen LogP contribution in [0.3, 0.4) is 0 Å². The van der Waals surface area contributed by atoms with E-state index in [1.54, 1.807) is 0 Å². The van der Waals surface area contributed by atoms with Crippen LogP contribution < -0.4 is 5.32 Å². The second-order valence-corrected chi connectivity index (χ2v) is 1.64. The standard InChI is InChI=1S/C5H9NO/c1-5-4-7-3-2-6-5/h1,5-6H,2-4H2. The third-order valence-corrected chi connectivity index (χ3v) is 0.950. The van der Waals surface area contributed by atoms with Crippen molar-refractivity contribution in [3.8, 4) is 0 Å². The van der Waals surface area contributed by atoms with Crippen LogP contribution in [0.5, 0.6) is 0 Å². The maximum atomic E-state index is 5.40. The molecule has 2 nitrogen and oxygen atoms in total. The number of rotatable bonds is 0. The molecule has 1 N–H and O–H groups in total. The highest BCUT2D eigenvalue weighted by molar-refractivity contribution is 4.70. The van der Waals surface area contributed by atoms with E-state index in [0.29, 0.717) is 6.61 Å². The SMILES string of the molecule is [CH]C1COCCN1. The average molecular weight is 99.1 g/mol. The third kappa shape index (κ3) is 1.45. The Morgan fingerprint density at radius 3 is 2.86 bits per heavy atom. The first-order valence-corrected chi connectivity index (χ1v) is 2.46. The molecule has 0 aliphatic carbocycles. The fourth-order valence-corrected chi connectivity index (χ4v) is 0.586. The minimum absolute atomic E-state index is 0.0637. The highest BCUT2D eigenvalue weighted by Crippen LogP contribution is 1.87. The molecule has 0 aromatic rings. The normalized spacial score (nSPS) is 33.0. The van der Waals surface area contributed by atoms with E-state index in [-0.39, 0.29) is 6.04 Å². The predicted molar refractivity (Wildman–Crippen MR) is 26.9 cm³/mol. The van der Waals surface area contributed by atoms with Crippen LogP contribution in [0.2, 0.25) is 0 Å². The van der Waals surface area contributed by atoms with Crippen molar-refractivity contribution in [2.24, 2.45) is 0 Å². The third-order valence-electron chi connectivity index (χ3n) is 0.950. The molecule has 1 unspecified atom stereocenters. The number of morpholine rings is 1. The van der Waals surface area contributed by atoms with Crippen molar-refractivity contribution >= 4 is 0 Å². The van der Waals surface area contributed by atoms with Crippen LogP contribution in [-0.2, 0) is 4.74 Å². The van der Waals surface area contributed by atoms with Gasteiger partial charge in [-0.15, -0.1) is 0 Å². The predicted octanol–water partition coefficient (Wildman–Crippen LogP) is -0.314. The Morgan fingerprint density at radius 1 is 1.71 bits per heavy atom. The number of ether oxygens (including phenoxy) is 1. The lowest BCUT2D eigenvalue weighted by atomic mass is 10.3. The van der Waals surface area contributed by atoms with Gasteiger partial charge >= 0.3 is 0 Å². The van der Waals surface area contributed by atoms with Gasteiger partial charge in [0.2, 0.25) is 0 Å². The van der Waals surface area contributed by atoms with Crippen LogP contribution in [0.4, 0.5) is 0 Å². The van der Waals surface area contributed by atoms with Gasteiger partial charge in [0.1, 0.15) is 0 Å². The molecule has 0 saturated carbocycles. The van der Waals surface area contributed by atoms with Crippen molar-refractivity contribution in [1.29, 1.82) is 0 Å². The zero-order valence-electron chi connectivity index (χ0n) is 4.18. The second-order valence-electron chi connectivity index (χ2n) is 1.64. The van der Waals surface area contributed by atoms with E-state index in [2.05, 4.69) is 5.32 Å². The summed E-state index contributed by atoms with van der Waals surface area (Å²) in [7, 11) is 0. The fraction of sp³-hybridized carbons (Fsp3) is 0.800. The van der Waals surface area contributed by atoms with Crippen molar-refractivity contribution < 1.29 is 4.74 Å². The Balaban J connectivity index is 2.12. The molecule has 0 amide bonds. The van der Waals surface area contributed by atoms with E-state index in [0.717, 1.165) is 13.2 Å². The van der Waals surface area contributed by atoms with E-state index >= 15 is 0 Å². The Hall–Kier alpha value is -0.0800. The molecule has 1 fully saturated rings. The van der Waals surface area contributed by atoms with Gasteiger partial charge in [0.15, 0.2) is 0 Å². The largest absolute Gasteiger partial charge is 0.379 e. The lowest BCUT2D eigenvalue weighted by Crippen LogP contribution is -2.38. The Kier molecular flexibility index (Phi) is 1.65. The van der Waals surface area contributed by atoms with Crippen molar-refractivity contribution in [2.45, 2.75) is 6.04 Å². The monoisotopic (exact) mass is 99.1 g/mol. The van der Waals surface area contributed by atoms with Gasteiger partial charge in [0.25, 0.3) is 0 Å². The zero-order chi connectivity index (χ0) is 5.11. The van der Waals surface area contributed by atoms with Gasteiger partial charge in [-0.1, -0.05) is 0 Å². The van der Waals surface area contributed by atoms with E-state index in [1.165, 1.54) is 0 Å². The lowest BCUT2D eigenvalue weighted by molar-refractivity contribution is 0.0894. The van der Waals surface area contributed by atoms with Gasteiger partial charge in [-0.25, -0.2) is 0 Å². The molecule has 2 radical (unpaired) electrons. The van der Waals surface area contributed by atoms with Gasteiger partial charge in [-0.2, -0.15) is 0 Å². The van der Waals surface area contributed by atoms with E-state index in [4.69, 9.17) is 11.7 Å². The Bertz CT molecular complexity index is 50.0. The van der Waals surface area contributed by atoms with Gasteiger partial charge in [0.05, 0.1) is 13.2 Å². The maximum absolute atomic E-state index is 5.40. The molecule has 0 bridgehead atoms. The molecule has 0 aromatic heterocycles. The van der Waals surface area contributed by atoms with Gasteiger partial charge < -0.3 is 10.1 Å². The quantitative estimate of drug-likeness (QED) is 0.449. The molecular formula is C5H9NO.